The average molecular weight is 1160 g/mol. The van der Waals surface area contributed by atoms with Gasteiger partial charge in [0.1, 0.15) is 17.7 Å². The van der Waals surface area contributed by atoms with Gasteiger partial charge in [0.05, 0.1) is 50.7 Å². The first kappa shape index (κ1) is 60.6. The van der Waals surface area contributed by atoms with Crippen LogP contribution >= 0.6 is 0 Å². The summed E-state index contributed by atoms with van der Waals surface area (Å²) >= 11 is 0. The summed E-state index contributed by atoms with van der Waals surface area (Å²) in [6, 6.07) is 6.72. The van der Waals surface area contributed by atoms with Crippen molar-refractivity contribution in [2.45, 2.75) is 56.0 Å². The van der Waals surface area contributed by atoms with E-state index in [0.29, 0.717) is 16.8 Å². The van der Waals surface area contributed by atoms with Crippen LogP contribution in [0.4, 0.5) is 110 Å². The quantitative estimate of drug-likeness (QED) is 0.0658. The summed E-state index contributed by atoms with van der Waals surface area (Å²) in [7, 11) is 0. The number of alkyl halides is 24. The molecule has 0 atom stereocenters. The summed E-state index contributed by atoms with van der Waals surface area (Å²) in [6.45, 7) is 0.188. The molecule has 420 valence electrons. The van der Waals surface area contributed by atoms with Crippen molar-refractivity contribution in [3.63, 3.8) is 0 Å². The van der Waals surface area contributed by atoms with Crippen molar-refractivity contribution in [2.75, 3.05) is 0 Å². The molecular weight excluding hydrogens is 1130 g/mol. The van der Waals surface area contributed by atoms with E-state index in [9.17, 15) is 115 Å². The van der Waals surface area contributed by atoms with Gasteiger partial charge in [-0.3, -0.25) is 4.79 Å². The maximum atomic E-state index is 14.2. The molecule has 6 aromatic carbocycles. The van der Waals surface area contributed by atoms with Crippen LogP contribution < -0.4 is 26.4 Å². The van der Waals surface area contributed by atoms with Crippen LogP contribution in [0, 0.1) is 5.82 Å². The molecular formula is C50H26BF25N2O. The smallest absolute Gasteiger partial charge is 0.287 e. The summed E-state index contributed by atoms with van der Waals surface area (Å²) < 4.78 is 356. The molecule has 0 fully saturated rings. The van der Waals surface area contributed by atoms with Crippen LogP contribution in [0.25, 0.3) is 11.3 Å². The van der Waals surface area contributed by atoms with Gasteiger partial charge in [0.15, 0.2) is 12.4 Å². The van der Waals surface area contributed by atoms with Gasteiger partial charge in [-0.1, -0.05) is 91.0 Å². The Bertz CT molecular complexity index is 2910. The third kappa shape index (κ3) is 14.0. The maximum Gasteiger partial charge on any atom is 0.416 e. The highest BCUT2D eigenvalue weighted by Gasteiger charge is 2.47. The van der Waals surface area contributed by atoms with Crippen LogP contribution in [0.15, 0.2) is 146 Å². The number of carbonyl (C=O) groups is 1. The third-order valence-electron chi connectivity index (χ3n) is 11.8. The lowest BCUT2D eigenvalue weighted by Gasteiger charge is -2.46. The zero-order valence-corrected chi connectivity index (χ0v) is 38.4. The molecule has 0 spiro atoms. The zero-order chi connectivity index (χ0) is 59.3. The number of ketones is 1. The van der Waals surface area contributed by atoms with Gasteiger partial charge in [0.2, 0.25) is 12.3 Å². The van der Waals surface area contributed by atoms with E-state index in [2.05, 4.69) is 4.98 Å². The fourth-order valence-electron chi connectivity index (χ4n) is 8.29. The SMILES string of the molecule is FC(F)(F)c1cc([B-](c2cc(C(F)(F)F)cc(C(F)(F)F)c2)(c2cc(C(F)(F)F)cc(C(F)(F)F)c2)c2cc(C(F)(F)F)cc(C(F)(F)F)c2)cc(C(F)(F)F)c1.O=C(C[n+]1ccnc(-c2ccccc2F)c1)c1ccccc1. The molecule has 3 nitrogen and oxygen atoms in total. The second kappa shape index (κ2) is 21.2. The molecule has 0 saturated heterocycles. The van der Waals surface area contributed by atoms with Crippen LogP contribution in [0.5, 0.6) is 0 Å². The number of rotatable bonds is 8. The maximum absolute atomic E-state index is 14.2. The lowest BCUT2D eigenvalue weighted by molar-refractivity contribution is -0.683. The number of Topliss-reactive ketones (excluding diaryl/α,β-unsaturated/α-hetero) is 1. The summed E-state index contributed by atoms with van der Waals surface area (Å²) in [6.07, 6.45) is -49.9. The van der Waals surface area contributed by atoms with E-state index in [1.54, 1.807) is 53.5 Å². The summed E-state index contributed by atoms with van der Waals surface area (Å²) in [4.78, 5) is 16.4. The Morgan fingerprint density at radius 2 is 0.671 bits per heavy atom. The number of benzene rings is 6. The number of halogens is 25. The van der Waals surface area contributed by atoms with Crippen LogP contribution in [0.1, 0.15) is 54.9 Å². The summed E-state index contributed by atoms with van der Waals surface area (Å²) in [5, 5.41) is 0. The van der Waals surface area contributed by atoms with Gasteiger partial charge in [-0.2, -0.15) is 132 Å². The first-order chi connectivity index (χ1) is 36.0. The van der Waals surface area contributed by atoms with Gasteiger partial charge >= 0.3 is 49.4 Å². The number of carbonyl (C=O) groups excluding carboxylic acids is 1. The van der Waals surface area contributed by atoms with E-state index < -0.39 is 195 Å². The molecule has 0 radical (unpaired) electrons. The van der Waals surface area contributed by atoms with Crippen molar-refractivity contribution < 1.29 is 119 Å². The van der Waals surface area contributed by atoms with Crippen molar-refractivity contribution in [2.24, 2.45) is 0 Å². The van der Waals surface area contributed by atoms with E-state index in [1.165, 1.54) is 6.07 Å². The zero-order valence-electron chi connectivity index (χ0n) is 38.4. The van der Waals surface area contributed by atoms with Gasteiger partial charge in [0.25, 0.3) is 0 Å². The van der Waals surface area contributed by atoms with E-state index >= 15 is 0 Å². The molecule has 0 saturated carbocycles. The number of hydrogen-bond donors (Lipinski definition) is 0. The predicted octanol–water partition coefficient (Wildman–Crippen LogP) is 14.3. The minimum Gasteiger partial charge on any atom is -0.287 e. The number of hydrogen-bond acceptors (Lipinski definition) is 2. The summed E-state index contributed by atoms with van der Waals surface area (Å²) in [5.74, 6) is -0.335. The highest BCUT2D eigenvalue weighted by molar-refractivity contribution is 7.20. The summed E-state index contributed by atoms with van der Waals surface area (Å²) in [5.41, 5.74) is -28.6. The lowest BCUT2D eigenvalue weighted by atomic mass is 9.12. The lowest BCUT2D eigenvalue weighted by Crippen LogP contribution is -2.75. The molecule has 7 rings (SSSR count). The monoisotopic (exact) mass is 1160 g/mol. The van der Waals surface area contributed by atoms with Crippen molar-refractivity contribution in [1.29, 1.82) is 0 Å². The van der Waals surface area contributed by atoms with Crippen molar-refractivity contribution in [3.05, 3.63) is 202 Å². The van der Waals surface area contributed by atoms with E-state index in [-0.39, 0.29) is 18.1 Å². The molecule has 29 heteroatoms. The molecule has 0 aliphatic heterocycles. The molecule has 79 heavy (non-hydrogen) atoms. The Morgan fingerprint density at radius 1 is 0.392 bits per heavy atom. The molecule has 1 aromatic heterocycles. The number of nitrogens with zero attached hydrogens (tertiary/aromatic N) is 2. The first-order valence-electron chi connectivity index (χ1n) is 21.5. The first-order valence-corrected chi connectivity index (χ1v) is 21.5. The third-order valence-corrected chi connectivity index (χ3v) is 11.8. The van der Waals surface area contributed by atoms with Gasteiger partial charge in [0, 0.05) is 11.1 Å². The minimum absolute atomic E-state index is 0.00344. The van der Waals surface area contributed by atoms with Gasteiger partial charge < -0.3 is 0 Å². The Kier molecular flexibility index (Phi) is 16.3. The predicted molar refractivity (Wildman–Crippen MR) is 231 cm³/mol. The standard InChI is InChI=1S/C32H12BF24.C18H14FN2O/c34-25(35,36)13-1-14(26(37,38)39)6-21(5-13)33(22-7-15(27(40,41)42)2-16(8-22)28(43,44)45,23-9-17(29(46,47)48)3-18(10-23)30(49,50)51)24-11-19(31(52,53)54)4-20(12-24)32(55,56)57;19-16-9-5-4-8-15(16)17-12-21(11-10-20-17)13-18(22)14-6-2-1-3-7-14/h1-12H;1-12H,13H2/q-1;+1. The largest absolute Gasteiger partial charge is 0.416 e. The normalized spacial score (nSPS) is 13.2. The molecule has 1 heterocycles. The molecule has 0 bridgehead atoms. The Labute approximate surface area is 426 Å². The van der Waals surface area contributed by atoms with Crippen molar-refractivity contribution in [1.82, 2.24) is 4.98 Å². The fourth-order valence-corrected chi connectivity index (χ4v) is 8.29. The minimum atomic E-state index is -6.13. The second-order valence-electron chi connectivity index (χ2n) is 17.1. The Hall–Kier alpha value is -7.62. The van der Waals surface area contributed by atoms with Crippen molar-refractivity contribution in [3.8, 4) is 11.3 Å². The average Bonchev–Trinajstić information content (AvgIpc) is 3.54. The van der Waals surface area contributed by atoms with E-state index in [0.717, 1.165) is 0 Å². The molecule has 0 aliphatic rings. The molecule has 0 amide bonds. The van der Waals surface area contributed by atoms with Crippen LogP contribution in [0.2, 0.25) is 0 Å². The van der Waals surface area contributed by atoms with E-state index in [1.807, 2.05) is 18.2 Å². The second-order valence-corrected chi connectivity index (χ2v) is 17.1. The molecule has 7 aromatic rings. The Balaban J connectivity index is 0.000000378. The van der Waals surface area contributed by atoms with Gasteiger partial charge in [-0.15, -0.1) is 0 Å². The van der Waals surface area contributed by atoms with Crippen LogP contribution in [0.3, 0.4) is 0 Å². The highest BCUT2D eigenvalue weighted by atomic mass is 19.4. The highest BCUT2D eigenvalue weighted by Crippen LogP contribution is 2.41. The van der Waals surface area contributed by atoms with E-state index in [4.69, 9.17) is 0 Å². The topological polar surface area (TPSA) is 33.8 Å². The van der Waals surface area contributed by atoms with Crippen molar-refractivity contribution >= 4 is 33.8 Å². The Morgan fingerprint density at radius 3 is 0.949 bits per heavy atom. The van der Waals surface area contributed by atoms with Gasteiger partial charge in [-0.25, -0.2) is 9.37 Å². The van der Waals surface area contributed by atoms with Crippen LogP contribution in [-0.2, 0) is 56.0 Å². The molecule has 0 N–H and O–H groups in total. The fraction of sp³-hybridized carbons (Fsp3) is 0.180. The molecule has 0 unspecified atom stereocenters. The van der Waals surface area contributed by atoms with Crippen LogP contribution in [-0.4, -0.2) is 16.9 Å². The number of aromatic nitrogens is 2. The molecule has 0 aliphatic carbocycles. The van der Waals surface area contributed by atoms with Gasteiger partial charge in [-0.05, 0) is 36.4 Å².